The molecule has 1 aliphatic heterocycles. The molecule has 0 spiro atoms. The Hall–Kier alpha value is -0.120. The van der Waals surface area contributed by atoms with Crippen molar-refractivity contribution < 1.29 is 18.9 Å². The Bertz CT molecular complexity index is 405. The van der Waals surface area contributed by atoms with E-state index in [1.807, 2.05) is 6.07 Å². The molecule has 0 aliphatic carbocycles. The fourth-order valence-electron chi connectivity index (χ4n) is 1.43. The molecule has 100 valence electrons. The maximum Gasteiger partial charge on any atom is 0.194 e. The molecular formula is C11H13BrINO4. The number of pyridine rings is 1. The first-order valence-corrected chi connectivity index (χ1v) is 7.41. The molecule has 0 saturated carbocycles. The minimum Gasteiger partial charge on any atom is -0.487 e. The first-order chi connectivity index (χ1) is 8.77. The van der Waals surface area contributed by atoms with Crippen molar-refractivity contribution in [3.63, 3.8) is 0 Å². The van der Waals surface area contributed by atoms with Gasteiger partial charge in [0.15, 0.2) is 16.1 Å². The molecule has 2 rings (SSSR count). The number of ether oxygens (including phenoxy) is 4. The first-order valence-electron chi connectivity index (χ1n) is 5.54. The molecule has 0 N–H and O–H groups in total. The van der Waals surface area contributed by atoms with Gasteiger partial charge in [-0.05, 0) is 38.5 Å². The van der Waals surface area contributed by atoms with Crippen LogP contribution in [0.1, 0.15) is 0 Å². The van der Waals surface area contributed by atoms with Gasteiger partial charge in [0.05, 0.1) is 26.4 Å². The monoisotopic (exact) mass is 429 g/mol. The van der Waals surface area contributed by atoms with Crippen LogP contribution in [0.5, 0.6) is 11.5 Å². The topological polar surface area (TPSA) is 49.8 Å². The molecule has 1 aromatic heterocycles. The summed E-state index contributed by atoms with van der Waals surface area (Å²) in [5, 5.41) is 0. The van der Waals surface area contributed by atoms with E-state index in [0.29, 0.717) is 55.7 Å². The van der Waals surface area contributed by atoms with E-state index in [9.17, 15) is 0 Å². The SMILES string of the molecule is Brc1nc(I)cc2c1OCCOCCOCCO2. The summed E-state index contributed by atoms with van der Waals surface area (Å²) in [5.74, 6) is 1.28. The second kappa shape index (κ2) is 7.46. The van der Waals surface area contributed by atoms with E-state index in [0.717, 1.165) is 3.70 Å². The minimum absolute atomic E-state index is 0.456. The second-order valence-electron chi connectivity index (χ2n) is 3.48. The van der Waals surface area contributed by atoms with E-state index in [2.05, 4.69) is 43.5 Å². The van der Waals surface area contributed by atoms with Crippen molar-refractivity contribution in [2.24, 2.45) is 0 Å². The highest BCUT2D eigenvalue weighted by molar-refractivity contribution is 14.1. The van der Waals surface area contributed by atoms with Crippen molar-refractivity contribution in [3.8, 4) is 11.5 Å². The van der Waals surface area contributed by atoms with Gasteiger partial charge in [0, 0.05) is 6.07 Å². The van der Waals surface area contributed by atoms with Crippen LogP contribution in [-0.2, 0) is 9.47 Å². The Morgan fingerprint density at radius 3 is 2.33 bits per heavy atom. The van der Waals surface area contributed by atoms with E-state index in [1.165, 1.54) is 0 Å². The Morgan fingerprint density at radius 1 is 1.00 bits per heavy atom. The molecule has 0 atom stereocenters. The zero-order chi connectivity index (χ0) is 12.8. The van der Waals surface area contributed by atoms with E-state index in [1.54, 1.807) is 0 Å². The average molecular weight is 430 g/mol. The van der Waals surface area contributed by atoms with Crippen LogP contribution in [0.15, 0.2) is 10.7 Å². The maximum atomic E-state index is 5.66. The van der Waals surface area contributed by atoms with Crippen molar-refractivity contribution in [2.75, 3.05) is 39.6 Å². The minimum atomic E-state index is 0.456. The molecule has 0 amide bonds. The third-order valence-corrected chi connectivity index (χ3v) is 3.29. The summed E-state index contributed by atoms with van der Waals surface area (Å²) in [6.07, 6.45) is 0. The third kappa shape index (κ3) is 4.22. The number of hydrogen-bond donors (Lipinski definition) is 0. The van der Waals surface area contributed by atoms with Crippen molar-refractivity contribution >= 4 is 38.5 Å². The van der Waals surface area contributed by atoms with Gasteiger partial charge in [0.1, 0.15) is 16.9 Å². The summed E-state index contributed by atoms with van der Waals surface area (Å²) >= 11 is 5.51. The van der Waals surface area contributed by atoms with Gasteiger partial charge >= 0.3 is 0 Å². The normalized spacial score (nSPS) is 17.7. The Labute approximate surface area is 127 Å². The van der Waals surface area contributed by atoms with Crippen LogP contribution in [0.3, 0.4) is 0 Å². The van der Waals surface area contributed by atoms with Crippen molar-refractivity contribution in [3.05, 3.63) is 14.4 Å². The standard InChI is InChI=1S/C11H13BrINO4/c12-11-10-8(7-9(13)14-11)17-5-3-15-1-2-16-4-6-18-10/h7H,1-6H2. The summed E-state index contributed by atoms with van der Waals surface area (Å²) in [7, 11) is 0. The van der Waals surface area contributed by atoms with Crippen molar-refractivity contribution in [1.29, 1.82) is 0 Å². The first kappa shape index (κ1) is 14.3. The Kier molecular flexibility index (Phi) is 5.93. The molecule has 2 heterocycles. The second-order valence-corrected chi connectivity index (χ2v) is 5.34. The Balaban J connectivity index is 2.15. The van der Waals surface area contributed by atoms with Crippen LogP contribution in [0.25, 0.3) is 0 Å². The van der Waals surface area contributed by atoms with Gasteiger partial charge in [-0.15, -0.1) is 0 Å². The molecular weight excluding hydrogens is 417 g/mol. The molecule has 0 aromatic carbocycles. The Morgan fingerprint density at radius 2 is 1.61 bits per heavy atom. The van der Waals surface area contributed by atoms with Gasteiger partial charge in [-0.2, -0.15) is 0 Å². The van der Waals surface area contributed by atoms with E-state index >= 15 is 0 Å². The number of hydrogen-bond acceptors (Lipinski definition) is 5. The van der Waals surface area contributed by atoms with Gasteiger partial charge in [-0.25, -0.2) is 4.98 Å². The van der Waals surface area contributed by atoms with E-state index in [-0.39, 0.29) is 0 Å². The average Bonchev–Trinajstić information content (AvgIpc) is 2.31. The van der Waals surface area contributed by atoms with Crippen molar-refractivity contribution in [2.45, 2.75) is 0 Å². The van der Waals surface area contributed by atoms with Crippen molar-refractivity contribution in [1.82, 2.24) is 4.98 Å². The lowest BCUT2D eigenvalue weighted by atomic mass is 10.4. The highest BCUT2D eigenvalue weighted by Gasteiger charge is 2.13. The fraction of sp³-hybridized carbons (Fsp3) is 0.545. The lowest BCUT2D eigenvalue weighted by Gasteiger charge is -2.16. The predicted molar refractivity (Wildman–Crippen MR) is 77.3 cm³/mol. The molecule has 1 aliphatic rings. The van der Waals surface area contributed by atoms with Gasteiger partial charge in [-0.3, -0.25) is 0 Å². The molecule has 1 aromatic rings. The lowest BCUT2D eigenvalue weighted by molar-refractivity contribution is 0.0221. The van der Waals surface area contributed by atoms with E-state index in [4.69, 9.17) is 18.9 Å². The lowest BCUT2D eigenvalue weighted by Crippen LogP contribution is -2.16. The largest absolute Gasteiger partial charge is 0.487 e. The van der Waals surface area contributed by atoms with Crippen LogP contribution in [0, 0.1) is 3.70 Å². The highest BCUT2D eigenvalue weighted by Crippen LogP contribution is 2.35. The molecule has 5 nitrogen and oxygen atoms in total. The molecule has 0 saturated heterocycles. The third-order valence-electron chi connectivity index (χ3n) is 2.20. The van der Waals surface area contributed by atoms with Gasteiger partial charge in [0.25, 0.3) is 0 Å². The molecule has 0 radical (unpaired) electrons. The summed E-state index contributed by atoms with van der Waals surface area (Å²) in [5.41, 5.74) is 0. The molecule has 0 fully saturated rings. The van der Waals surface area contributed by atoms with Crippen LogP contribution >= 0.6 is 38.5 Å². The maximum absolute atomic E-state index is 5.66. The van der Waals surface area contributed by atoms with Crippen LogP contribution in [-0.4, -0.2) is 44.6 Å². The van der Waals surface area contributed by atoms with Gasteiger partial charge in [-0.1, -0.05) is 0 Å². The number of nitrogens with zero attached hydrogens (tertiary/aromatic N) is 1. The van der Waals surface area contributed by atoms with Crippen LogP contribution in [0.2, 0.25) is 0 Å². The van der Waals surface area contributed by atoms with Crippen LogP contribution in [0.4, 0.5) is 0 Å². The zero-order valence-electron chi connectivity index (χ0n) is 9.66. The quantitative estimate of drug-likeness (QED) is 0.467. The van der Waals surface area contributed by atoms with Crippen LogP contribution < -0.4 is 9.47 Å². The van der Waals surface area contributed by atoms with Gasteiger partial charge < -0.3 is 18.9 Å². The highest BCUT2D eigenvalue weighted by atomic mass is 127. The summed E-state index contributed by atoms with van der Waals surface area (Å²) < 4.78 is 23.5. The number of rotatable bonds is 0. The number of aromatic nitrogens is 1. The number of fused-ring (bicyclic) bond motifs is 1. The van der Waals surface area contributed by atoms with Gasteiger partial charge in [0.2, 0.25) is 0 Å². The zero-order valence-corrected chi connectivity index (χ0v) is 13.4. The molecule has 7 heteroatoms. The predicted octanol–water partition coefficient (Wildman–Crippen LogP) is 2.25. The molecule has 18 heavy (non-hydrogen) atoms. The smallest absolute Gasteiger partial charge is 0.194 e. The fourth-order valence-corrected chi connectivity index (χ4v) is 2.78. The summed E-state index contributed by atoms with van der Waals surface area (Å²) in [6, 6.07) is 1.84. The summed E-state index contributed by atoms with van der Waals surface area (Å²) in [6.45, 7) is 3.12. The van der Waals surface area contributed by atoms with E-state index < -0.39 is 0 Å². The molecule has 0 unspecified atom stereocenters. The summed E-state index contributed by atoms with van der Waals surface area (Å²) in [4.78, 5) is 4.28. The number of halogens is 2. The molecule has 0 bridgehead atoms.